The number of halogens is 2. The quantitative estimate of drug-likeness (QED) is 0.782. The molecule has 4 heteroatoms. The van der Waals surface area contributed by atoms with Crippen LogP contribution in [0, 0.1) is 11.7 Å². The monoisotopic (exact) mass is 301 g/mol. The molecule has 0 bridgehead atoms. The van der Waals surface area contributed by atoms with E-state index < -0.39 is 0 Å². The van der Waals surface area contributed by atoms with Crippen molar-refractivity contribution in [2.75, 3.05) is 13.7 Å². The summed E-state index contributed by atoms with van der Waals surface area (Å²) in [6, 6.07) is 4.87. The van der Waals surface area contributed by atoms with Crippen LogP contribution in [0.4, 0.5) is 4.39 Å². The fourth-order valence-electron chi connectivity index (χ4n) is 2.48. The summed E-state index contributed by atoms with van der Waals surface area (Å²) in [5.74, 6) is 0.0966. The zero-order chi connectivity index (χ0) is 15.1. The first-order valence-corrected chi connectivity index (χ1v) is 7.58. The average molecular weight is 302 g/mol. The van der Waals surface area contributed by atoms with Crippen LogP contribution in [0.25, 0.3) is 0 Å². The molecule has 114 valence electrons. The van der Waals surface area contributed by atoms with Gasteiger partial charge in [0.25, 0.3) is 0 Å². The molecule has 2 unspecified atom stereocenters. The van der Waals surface area contributed by atoms with E-state index in [2.05, 4.69) is 26.1 Å². The first-order chi connectivity index (χ1) is 9.51. The van der Waals surface area contributed by atoms with Crippen LogP contribution < -0.4 is 5.32 Å². The fourth-order valence-corrected chi connectivity index (χ4v) is 2.72. The lowest BCUT2D eigenvalue weighted by atomic mass is 9.93. The van der Waals surface area contributed by atoms with E-state index in [1.165, 1.54) is 6.07 Å². The van der Waals surface area contributed by atoms with Crippen LogP contribution in [0.2, 0.25) is 5.02 Å². The van der Waals surface area contributed by atoms with Gasteiger partial charge >= 0.3 is 0 Å². The molecule has 0 aliphatic rings. The van der Waals surface area contributed by atoms with Gasteiger partial charge in [-0.25, -0.2) is 4.39 Å². The first kappa shape index (κ1) is 17.4. The number of benzene rings is 1. The molecule has 1 N–H and O–H groups in total. The highest BCUT2D eigenvalue weighted by atomic mass is 35.5. The van der Waals surface area contributed by atoms with Crippen LogP contribution >= 0.6 is 11.6 Å². The lowest BCUT2D eigenvalue weighted by Gasteiger charge is -2.30. The normalized spacial score (nSPS) is 14.6. The Hall–Kier alpha value is -0.640. The maximum absolute atomic E-state index is 13.9. The second-order valence-electron chi connectivity index (χ2n) is 5.41. The average Bonchev–Trinajstić information content (AvgIpc) is 2.39. The van der Waals surface area contributed by atoms with Crippen LogP contribution in [0.1, 0.15) is 32.8 Å². The summed E-state index contributed by atoms with van der Waals surface area (Å²) < 4.78 is 19.5. The highest BCUT2D eigenvalue weighted by Crippen LogP contribution is 2.23. The summed E-state index contributed by atoms with van der Waals surface area (Å²) in [6.45, 7) is 7.20. The topological polar surface area (TPSA) is 21.3 Å². The van der Waals surface area contributed by atoms with Crippen molar-refractivity contribution in [2.24, 2.45) is 5.92 Å². The minimum atomic E-state index is -0.251. The van der Waals surface area contributed by atoms with Crippen molar-refractivity contribution >= 4 is 11.6 Å². The Kier molecular flexibility index (Phi) is 7.49. The van der Waals surface area contributed by atoms with Gasteiger partial charge in [0.2, 0.25) is 0 Å². The van der Waals surface area contributed by atoms with E-state index in [0.29, 0.717) is 22.9 Å². The van der Waals surface area contributed by atoms with Gasteiger partial charge in [-0.3, -0.25) is 0 Å². The van der Waals surface area contributed by atoms with Crippen molar-refractivity contribution in [3.63, 3.8) is 0 Å². The molecule has 0 radical (unpaired) electrons. The van der Waals surface area contributed by atoms with Crippen LogP contribution in [-0.4, -0.2) is 25.8 Å². The highest BCUT2D eigenvalue weighted by Gasteiger charge is 2.25. The Balaban J connectivity index is 2.93. The van der Waals surface area contributed by atoms with E-state index in [0.717, 1.165) is 13.0 Å². The van der Waals surface area contributed by atoms with Crippen LogP contribution in [-0.2, 0) is 11.2 Å². The van der Waals surface area contributed by atoms with Gasteiger partial charge in [0.15, 0.2) is 0 Å². The summed E-state index contributed by atoms with van der Waals surface area (Å²) in [6.07, 6.45) is 1.58. The minimum absolute atomic E-state index is 0.0252. The van der Waals surface area contributed by atoms with E-state index in [-0.39, 0.29) is 18.0 Å². The Morgan fingerprint density at radius 2 is 2.05 bits per heavy atom. The number of ether oxygens (including phenoxy) is 1. The third-order valence-electron chi connectivity index (χ3n) is 3.47. The van der Waals surface area contributed by atoms with Gasteiger partial charge in [0, 0.05) is 23.7 Å². The molecule has 0 saturated carbocycles. The zero-order valence-electron chi connectivity index (χ0n) is 12.7. The zero-order valence-corrected chi connectivity index (χ0v) is 13.5. The van der Waals surface area contributed by atoms with E-state index >= 15 is 0 Å². The molecule has 1 rings (SSSR count). The summed E-state index contributed by atoms with van der Waals surface area (Å²) in [7, 11) is 1.70. The summed E-state index contributed by atoms with van der Waals surface area (Å²) >= 11 is 6.13. The molecular formula is C16H25ClFNO. The highest BCUT2D eigenvalue weighted by molar-refractivity contribution is 6.31. The summed E-state index contributed by atoms with van der Waals surface area (Å²) in [5, 5.41) is 3.93. The molecule has 0 fully saturated rings. The molecule has 0 aliphatic carbocycles. The van der Waals surface area contributed by atoms with Crippen LogP contribution in [0.3, 0.4) is 0 Å². The Labute approximate surface area is 126 Å². The van der Waals surface area contributed by atoms with Gasteiger partial charge in [-0.15, -0.1) is 0 Å². The molecule has 0 heterocycles. The number of nitrogens with one attached hydrogen (secondary N) is 1. The Bertz CT molecular complexity index is 391. The third-order valence-corrected chi connectivity index (χ3v) is 3.82. The molecule has 1 aromatic rings. The molecule has 0 aliphatic heterocycles. The van der Waals surface area contributed by atoms with Crippen molar-refractivity contribution < 1.29 is 9.13 Å². The second kappa shape index (κ2) is 8.60. The third kappa shape index (κ3) is 4.72. The van der Waals surface area contributed by atoms with Crippen LogP contribution in [0.15, 0.2) is 18.2 Å². The molecule has 0 saturated heterocycles. The maximum Gasteiger partial charge on any atom is 0.127 e. The lowest BCUT2D eigenvalue weighted by molar-refractivity contribution is 0.0330. The van der Waals surface area contributed by atoms with Crippen molar-refractivity contribution in [2.45, 2.75) is 45.8 Å². The Morgan fingerprint density at radius 1 is 1.35 bits per heavy atom. The van der Waals surface area contributed by atoms with E-state index in [1.54, 1.807) is 19.2 Å². The van der Waals surface area contributed by atoms with E-state index in [1.807, 2.05) is 0 Å². The van der Waals surface area contributed by atoms with Crippen molar-refractivity contribution in [3.8, 4) is 0 Å². The number of methoxy groups -OCH3 is 1. The standard InChI is InChI=1S/C16H25ClFNO/c1-5-9-19-15(16(20-4)11(2)3)10-12-13(17)7-6-8-14(12)18/h6-8,11,15-16,19H,5,9-10H2,1-4H3. The second-order valence-corrected chi connectivity index (χ2v) is 5.82. The van der Waals surface area contributed by atoms with Gasteiger partial charge in [-0.05, 0) is 37.4 Å². The molecule has 0 amide bonds. The van der Waals surface area contributed by atoms with Gasteiger partial charge in [-0.2, -0.15) is 0 Å². The summed E-state index contributed by atoms with van der Waals surface area (Å²) in [4.78, 5) is 0. The van der Waals surface area contributed by atoms with Crippen molar-refractivity contribution in [3.05, 3.63) is 34.6 Å². The van der Waals surface area contributed by atoms with Gasteiger partial charge in [0.05, 0.1) is 6.10 Å². The molecule has 20 heavy (non-hydrogen) atoms. The van der Waals surface area contributed by atoms with Gasteiger partial charge in [-0.1, -0.05) is 38.4 Å². The number of hydrogen-bond donors (Lipinski definition) is 1. The Morgan fingerprint density at radius 3 is 2.55 bits per heavy atom. The van der Waals surface area contributed by atoms with E-state index in [9.17, 15) is 4.39 Å². The molecule has 0 spiro atoms. The van der Waals surface area contributed by atoms with Crippen LogP contribution in [0.5, 0.6) is 0 Å². The van der Waals surface area contributed by atoms with Gasteiger partial charge < -0.3 is 10.1 Å². The first-order valence-electron chi connectivity index (χ1n) is 7.20. The van der Waals surface area contributed by atoms with Gasteiger partial charge in [0.1, 0.15) is 5.82 Å². The smallest absolute Gasteiger partial charge is 0.127 e. The number of rotatable bonds is 8. The molecule has 1 aromatic carbocycles. The minimum Gasteiger partial charge on any atom is -0.380 e. The lowest BCUT2D eigenvalue weighted by Crippen LogP contribution is -2.45. The predicted octanol–water partition coefficient (Wildman–Crippen LogP) is 4.06. The largest absolute Gasteiger partial charge is 0.380 e. The van der Waals surface area contributed by atoms with E-state index in [4.69, 9.17) is 16.3 Å². The summed E-state index contributed by atoms with van der Waals surface area (Å²) in [5.41, 5.74) is 0.561. The fraction of sp³-hybridized carbons (Fsp3) is 0.625. The number of hydrogen-bond acceptors (Lipinski definition) is 2. The van der Waals surface area contributed by atoms with Crippen molar-refractivity contribution in [1.82, 2.24) is 5.32 Å². The van der Waals surface area contributed by atoms with Crippen molar-refractivity contribution in [1.29, 1.82) is 0 Å². The molecular weight excluding hydrogens is 277 g/mol. The molecule has 0 aromatic heterocycles. The molecule has 2 nitrogen and oxygen atoms in total. The maximum atomic E-state index is 13.9. The molecule has 2 atom stereocenters. The SMILES string of the molecule is CCCNC(Cc1c(F)cccc1Cl)C(OC)C(C)C. The predicted molar refractivity (Wildman–Crippen MR) is 82.8 cm³/mol.